The van der Waals surface area contributed by atoms with Crippen LogP contribution in [0, 0.1) is 0 Å². The van der Waals surface area contributed by atoms with E-state index in [1.807, 2.05) is 13.8 Å². The highest BCUT2D eigenvalue weighted by atomic mass is 16.2. The van der Waals surface area contributed by atoms with Gasteiger partial charge in [-0.15, -0.1) is 0 Å². The number of H-pyrrole nitrogens is 1. The number of hydrogen-bond acceptors (Lipinski definition) is 2. The van der Waals surface area contributed by atoms with Crippen LogP contribution in [0.1, 0.15) is 13.8 Å². The molecule has 1 aromatic rings. The van der Waals surface area contributed by atoms with Gasteiger partial charge in [-0.05, 0) is 0 Å². The maximum atomic E-state index is 10.6. The molecule has 11 heavy (non-hydrogen) atoms. The molecule has 4 heteroatoms. The maximum Gasteiger partial charge on any atom is 0.328 e. The van der Waals surface area contributed by atoms with E-state index in [9.17, 15) is 9.59 Å². The summed E-state index contributed by atoms with van der Waals surface area (Å²) in [7, 11) is 1.42. The van der Waals surface area contributed by atoms with E-state index in [0.717, 1.165) is 4.57 Å². The average Bonchev–Trinajstić information content (AvgIpc) is 2.04. The van der Waals surface area contributed by atoms with Crippen molar-refractivity contribution in [2.75, 3.05) is 0 Å². The van der Waals surface area contributed by atoms with Gasteiger partial charge in [0.2, 0.25) is 0 Å². The standard InChI is InChI=1S/C5H6N2O2.C2H6/c1-7-4(8)2-3-6-5(7)9;1-2/h2-3H,1H3,(H,6,9);1-2H3. The number of rotatable bonds is 0. The molecule has 0 aromatic carbocycles. The van der Waals surface area contributed by atoms with Crippen LogP contribution in [0.3, 0.4) is 0 Å². The van der Waals surface area contributed by atoms with E-state index in [1.165, 1.54) is 19.3 Å². The fraction of sp³-hybridized carbons (Fsp3) is 0.429. The van der Waals surface area contributed by atoms with Crippen LogP contribution in [0.4, 0.5) is 0 Å². The molecule has 0 atom stereocenters. The summed E-state index contributed by atoms with van der Waals surface area (Å²) in [6.45, 7) is 4.00. The molecule has 0 saturated heterocycles. The third-order valence-electron chi connectivity index (χ3n) is 1.07. The zero-order valence-electron chi connectivity index (χ0n) is 6.92. The Labute approximate surface area is 64.5 Å². The molecule has 1 aromatic heterocycles. The highest BCUT2D eigenvalue weighted by Gasteiger charge is 1.88. The predicted molar refractivity (Wildman–Crippen MR) is 43.7 cm³/mol. The van der Waals surface area contributed by atoms with Crippen LogP contribution < -0.4 is 11.2 Å². The van der Waals surface area contributed by atoms with E-state index in [2.05, 4.69) is 4.98 Å². The molecule has 1 N–H and O–H groups in total. The first kappa shape index (κ1) is 9.68. The van der Waals surface area contributed by atoms with Gasteiger partial charge in [-0.2, -0.15) is 0 Å². The van der Waals surface area contributed by atoms with E-state index in [4.69, 9.17) is 0 Å². The lowest BCUT2D eigenvalue weighted by molar-refractivity contribution is 0.775. The Kier molecular flexibility index (Phi) is 3.95. The molecule has 0 fully saturated rings. The van der Waals surface area contributed by atoms with Crippen LogP contribution in [-0.2, 0) is 7.05 Å². The highest BCUT2D eigenvalue weighted by molar-refractivity contribution is 4.80. The van der Waals surface area contributed by atoms with Crippen LogP contribution in [-0.4, -0.2) is 9.55 Å². The Balaban J connectivity index is 0.000000461. The lowest BCUT2D eigenvalue weighted by Gasteiger charge is -1.88. The second-order valence-electron chi connectivity index (χ2n) is 1.68. The van der Waals surface area contributed by atoms with Crippen molar-refractivity contribution in [3.8, 4) is 0 Å². The van der Waals surface area contributed by atoms with Gasteiger partial charge in [-0.25, -0.2) is 4.79 Å². The van der Waals surface area contributed by atoms with E-state index in [1.54, 1.807) is 0 Å². The third kappa shape index (κ3) is 2.41. The normalized spacial score (nSPS) is 8.27. The average molecular weight is 156 g/mol. The summed E-state index contributed by atoms with van der Waals surface area (Å²) in [5, 5.41) is 0. The summed E-state index contributed by atoms with van der Waals surface area (Å²) in [6, 6.07) is 1.29. The SMILES string of the molecule is CC.Cn1c(=O)cc[nH]c1=O. The minimum Gasteiger partial charge on any atom is -0.314 e. The molecule has 0 amide bonds. The molecule has 0 spiro atoms. The quantitative estimate of drug-likeness (QED) is 0.579. The molecule has 0 aliphatic carbocycles. The lowest BCUT2D eigenvalue weighted by Crippen LogP contribution is -2.30. The molecule has 1 rings (SSSR count). The van der Waals surface area contributed by atoms with Crippen LogP contribution in [0.25, 0.3) is 0 Å². The Morgan fingerprint density at radius 2 is 1.91 bits per heavy atom. The molecule has 1 heterocycles. The summed E-state index contributed by atoms with van der Waals surface area (Å²) < 4.78 is 1.00. The van der Waals surface area contributed by atoms with Gasteiger partial charge < -0.3 is 4.98 Å². The van der Waals surface area contributed by atoms with Gasteiger partial charge in [-0.1, -0.05) is 13.8 Å². The molecular formula is C7H12N2O2. The molecule has 4 nitrogen and oxygen atoms in total. The van der Waals surface area contributed by atoms with Gasteiger partial charge in [-0.3, -0.25) is 9.36 Å². The number of nitrogens with one attached hydrogen (secondary N) is 1. The van der Waals surface area contributed by atoms with Crippen LogP contribution in [0.5, 0.6) is 0 Å². The summed E-state index contributed by atoms with van der Waals surface area (Å²) >= 11 is 0. The van der Waals surface area contributed by atoms with E-state index in [0.29, 0.717) is 0 Å². The number of aromatic amines is 1. The van der Waals surface area contributed by atoms with Gasteiger partial charge in [0.15, 0.2) is 0 Å². The van der Waals surface area contributed by atoms with Crippen molar-refractivity contribution < 1.29 is 0 Å². The summed E-state index contributed by atoms with van der Waals surface area (Å²) in [4.78, 5) is 23.5. The number of hydrogen-bond donors (Lipinski definition) is 1. The number of aromatic nitrogens is 2. The summed E-state index contributed by atoms with van der Waals surface area (Å²) in [6.07, 6.45) is 1.32. The van der Waals surface area contributed by atoms with Gasteiger partial charge in [0.05, 0.1) is 0 Å². The molecule has 0 saturated carbocycles. The largest absolute Gasteiger partial charge is 0.328 e. The van der Waals surface area contributed by atoms with Gasteiger partial charge >= 0.3 is 5.69 Å². The van der Waals surface area contributed by atoms with Crippen molar-refractivity contribution in [1.29, 1.82) is 0 Å². The monoisotopic (exact) mass is 156 g/mol. The molecule has 62 valence electrons. The predicted octanol–water partition coefficient (Wildman–Crippen LogP) is 0.0998. The zero-order chi connectivity index (χ0) is 8.85. The van der Waals surface area contributed by atoms with Crippen molar-refractivity contribution in [2.24, 2.45) is 7.05 Å². The molecular weight excluding hydrogens is 144 g/mol. The Morgan fingerprint density at radius 1 is 1.36 bits per heavy atom. The first-order valence-corrected chi connectivity index (χ1v) is 3.46. The summed E-state index contributed by atoms with van der Waals surface area (Å²) in [5.74, 6) is 0. The molecule has 0 unspecified atom stereocenters. The minimum atomic E-state index is -0.387. The molecule has 0 aliphatic rings. The smallest absolute Gasteiger partial charge is 0.314 e. The molecule has 0 bridgehead atoms. The van der Waals surface area contributed by atoms with E-state index in [-0.39, 0.29) is 11.2 Å². The topological polar surface area (TPSA) is 54.9 Å². The highest BCUT2D eigenvalue weighted by Crippen LogP contribution is 1.57. The third-order valence-corrected chi connectivity index (χ3v) is 1.07. The van der Waals surface area contributed by atoms with Crippen molar-refractivity contribution >= 4 is 0 Å². The van der Waals surface area contributed by atoms with Crippen LogP contribution in [0.15, 0.2) is 21.9 Å². The second kappa shape index (κ2) is 4.49. The first-order valence-electron chi connectivity index (χ1n) is 3.46. The van der Waals surface area contributed by atoms with Crippen LogP contribution >= 0.6 is 0 Å². The summed E-state index contributed by atoms with van der Waals surface area (Å²) in [5.41, 5.74) is -0.679. The van der Waals surface area contributed by atoms with Gasteiger partial charge in [0.25, 0.3) is 5.56 Å². The number of nitrogens with zero attached hydrogens (tertiary/aromatic N) is 1. The van der Waals surface area contributed by atoms with Crippen LogP contribution in [0.2, 0.25) is 0 Å². The molecule has 0 aliphatic heterocycles. The Morgan fingerprint density at radius 3 is 2.27 bits per heavy atom. The lowest BCUT2D eigenvalue weighted by atomic mass is 10.6. The Bertz CT molecular complexity index is 282. The van der Waals surface area contributed by atoms with Gasteiger partial charge in [0.1, 0.15) is 0 Å². The fourth-order valence-electron chi connectivity index (χ4n) is 0.493. The Hall–Kier alpha value is -1.32. The maximum absolute atomic E-state index is 10.6. The van der Waals surface area contributed by atoms with Crippen molar-refractivity contribution in [1.82, 2.24) is 9.55 Å². The molecule has 0 radical (unpaired) electrons. The first-order chi connectivity index (χ1) is 5.22. The second-order valence-corrected chi connectivity index (χ2v) is 1.68. The van der Waals surface area contributed by atoms with E-state index >= 15 is 0 Å². The fourth-order valence-corrected chi connectivity index (χ4v) is 0.493. The van der Waals surface area contributed by atoms with Gasteiger partial charge in [0, 0.05) is 19.3 Å². The van der Waals surface area contributed by atoms with E-state index < -0.39 is 0 Å². The minimum absolute atomic E-state index is 0.293. The van der Waals surface area contributed by atoms with Crippen molar-refractivity contribution in [3.63, 3.8) is 0 Å². The van der Waals surface area contributed by atoms with Crippen molar-refractivity contribution in [2.45, 2.75) is 13.8 Å². The van der Waals surface area contributed by atoms with Crippen molar-refractivity contribution in [3.05, 3.63) is 33.1 Å². The zero-order valence-corrected chi connectivity index (χ0v) is 6.92.